The summed E-state index contributed by atoms with van der Waals surface area (Å²) in [5.41, 5.74) is 0.850. The summed E-state index contributed by atoms with van der Waals surface area (Å²) >= 11 is 0. The molecule has 2 rings (SSSR count). The van der Waals surface area contributed by atoms with Crippen LogP contribution in [0.5, 0.6) is 5.75 Å². The fourth-order valence-electron chi connectivity index (χ4n) is 1.92. The number of amides is 1. The smallest absolute Gasteiger partial charge is 0.243 e. The van der Waals surface area contributed by atoms with E-state index in [4.69, 9.17) is 4.74 Å². The van der Waals surface area contributed by atoms with Gasteiger partial charge in [0.15, 0.2) is 0 Å². The van der Waals surface area contributed by atoms with Crippen LogP contribution in [0.4, 0.5) is 5.69 Å². The van der Waals surface area contributed by atoms with Crippen LogP contribution < -0.4 is 27.4 Å². The number of rotatable bonds is 2. The van der Waals surface area contributed by atoms with Gasteiger partial charge in [-0.3, -0.25) is 4.79 Å². The Kier molecular flexibility index (Phi) is 4.78. The number of ether oxygens (including phenoxy) is 1. The highest BCUT2D eigenvalue weighted by Crippen LogP contribution is 2.28. The third-order valence-electron chi connectivity index (χ3n) is 2.80. The van der Waals surface area contributed by atoms with Gasteiger partial charge in [0.1, 0.15) is 5.75 Å². The van der Waals surface area contributed by atoms with E-state index in [1.54, 1.807) is 12.0 Å². The lowest BCUT2D eigenvalue weighted by Crippen LogP contribution is -3.00. The number of nitrogens with zero attached hydrogens (tertiary/aromatic N) is 1. The Morgan fingerprint density at radius 2 is 2.12 bits per heavy atom. The number of methoxy groups -OCH3 is 1. The van der Waals surface area contributed by atoms with Gasteiger partial charge in [-0.15, -0.1) is 0 Å². The molecule has 0 spiro atoms. The number of carbonyl (C=O) groups excluding carboxylic acids is 1. The van der Waals surface area contributed by atoms with Crippen LogP contribution in [-0.2, 0) is 4.79 Å². The summed E-state index contributed by atoms with van der Waals surface area (Å²) in [6.07, 6.45) is 0. The first-order valence-corrected chi connectivity index (χ1v) is 5.42. The molecule has 1 aliphatic heterocycles. The van der Waals surface area contributed by atoms with Gasteiger partial charge in [-0.1, -0.05) is 12.1 Å². The monoisotopic (exact) mass is 255 g/mol. The molecule has 5 heteroatoms. The van der Waals surface area contributed by atoms with Gasteiger partial charge in [0, 0.05) is 13.1 Å². The Morgan fingerprint density at radius 3 is 2.82 bits per heavy atom. The normalized spacial score (nSPS) is 19.8. The molecule has 1 fully saturated rings. The fourth-order valence-corrected chi connectivity index (χ4v) is 1.92. The van der Waals surface area contributed by atoms with Crippen LogP contribution in [0.1, 0.15) is 6.92 Å². The molecule has 4 nitrogen and oxygen atoms in total. The Morgan fingerprint density at radius 1 is 1.41 bits per heavy atom. The summed E-state index contributed by atoms with van der Waals surface area (Å²) in [4.78, 5) is 13.8. The van der Waals surface area contributed by atoms with Gasteiger partial charge < -0.3 is 27.4 Å². The van der Waals surface area contributed by atoms with Gasteiger partial charge in [-0.25, -0.2) is 0 Å². The Balaban J connectivity index is 0.00000144. The summed E-state index contributed by atoms with van der Waals surface area (Å²) < 4.78 is 5.27. The second kappa shape index (κ2) is 5.89. The van der Waals surface area contributed by atoms with Crippen molar-refractivity contribution in [3.8, 4) is 5.75 Å². The minimum absolute atomic E-state index is 0. The molecule has 1 unspecified atom stereocenters. The van der Waals surface area contributed by atoms with Crippen molar-refractivity contribution in [1.29, 1.82) is 0 Å². The molecule has 1 saturated heterocycles. The molecule has 1 aliphatic rings. The molecule has 0 aromatic heterocycles. The molecule has 0 bridgehead atoms. The first-order valence-electron chi connectivity index (χ1n) is 5.42. The first kappa shape index (κ1) is 13.8. The van der Waals surface area contributed by atoms with E-state index < -0.39 is 0 Å². The summed E-state index contributed by atoms with van der Waals surface area (Å²) in [6.45, 7) is 3.37. The molecule has 1 heterocycles. The predicted octanol–water partition coefficient (Wildman–Crippen LogP) is -1.98. The van der Waals surface area contributed by atoms with Gasteiger partial charge in [-0.2, -0.15) is 0 Å². The second-order valence-electron chi connectivity index (χ2n) is 3.84. The molecule has 1 aromatic rings. The van der Waals surface area contributed by atoms with E-state index in [0.717, 1.165) is 18.0 Å². The Bertz CT molecular complexity index is 398. The standard InChI is InChI=1S/C12H16N2O2.ClH/c1-9-12(15)14(8-7-13-9)10-5-3-4-6-11(10)16-2;/h3-6,9,13H,7-8H2,1-2H3;1H/p-1. The van der Waals surface area contributed by atoms with Crippen molar-refractivity contribution >= 4 is 11.6 Å². The summed E-state index contributed by atoms with van der Waals surface area (Å²) in [5.74, 6) is 0.834. The van der Waals surface area contributed by atoms with E-state index in [1.165, 1.54) is 0 Å². The van der Waals surface area contributed by atoms with Crippen LogP contribution in [-0.4, -0.2) is 32.1 Å². The largest absolute Gasteiger partial charge is 1.00 e. The number of hydrogen-bond acceptors (Lipinski definition) is 3. The van der Waals surface area contributed by atoms with Gasteiger partial charge in [0.05, 0.1) is 18.8 Å². The number of anilines is 1. The molecule has 0 saturated carbocycles. The van der Waals surface area contributed by atoms with Gasteiger partial charge in [-0.05, 0) is 19.1 Å². The maximum absolute atomic E-state index is 12.0. The lowest BCUT2D eigenvalue weighted by Gasteiger charge is -2.32. The van der Waals surface area contributed by atoms with Gasteiger partial charge in [0.25, 0.3) is 0 Å². The number of para-hydroxylation sites is 2. The number of benzene rings is 1. The molecule has 1 amide bonds. The molecule has 0 radical (unpaired) electrons. The average Bonchev–Trinajstić information content (AvgIpc) is 2.33. The fraction of sp³-hybridized carbons (Fsp3) is 0.417. The molecule has 1 aromatic carbocycles. The zero-order valence-electron chi connectivity index (χ0n) is 9.94. The highest BCUT2D eigenvalue weighted by Gasteiger charge is 2.27. The molecule has 94 valence electrons. The zero-order valence-corrected chi connectivity index (χ0v) is 10.7. The molecular weight excluding hydrogens is 240 g/mol. The van der Waals surface area contributed by atoms with Crippen molar-refractivity contribution in [2.75, 3.05) is 25.1 Å². The third kappa shape index (κ3) is 2.70. The van der Waals surface area contributed by atoms with Crippen LogP contribution in [0.2, 0.25) is 0 Å². The van der Waals surface area contributed by atoms with Gasteiger partial charge >= 0.3 is 0 Å². The number of nitrogens with one attached hydrogen (secondary N) is 1. The number of carbonyl (C=O) groups is 1. The van der Waals surface area contributed by atoms with Gasteiger partial charge in [0.2, 0.25) is 5.91 Å². The van der Waals surface area contributed by atoms with Crippen molar-refractivity contribution in [3.63, 3.8) is 0 Å². The minimum atomic E-state index is -0.126. The predicted molar refractivity (Wildman–Crippen MR) is 62.8 cm³/mol. The Labute approximate surface area is 107 Å². The van der Waals surface area contributed by atoms with Crippen molar-refractivity contribution < 1.29 is 21.9 Å². The van der Waals surface area contributed by atoms with Crippen molar-refractivity contribution in [2.45, 2.75) is 13.0 Å². The van der Waals surface area contributed by atoms with E-state index in [0.29, 0.717) is 6.54 Å². The highest BCUT2D eigenvalue weighted by molar-refractivity contribution is 5.98. The summed E-state index contributed by atoms with van der Waals surface area (Å²) in [6, 6.07) is 7.47. The molecule has 1 N–H and O–H groups in total. The number of halogens is 1. The van der Waals surface area contributed by atoms with E-state index in [1.807, 2.05) is 31.2 Å². The lowest BCUT2D eigenvalue weighted by molar-refractivity contribution is -0.121. The van der Waals surface area contributed by atoms with Crippen molar-refractivity contribution in [1.82, 2.24) is 5.32 Å². The Hall–Kier alpha value is -1.26. The van der Waals surface area contributed by atoms with Crippen LogP contribution in [0.3, 0.4) is 0 Å². The summed E-state index contributed by atoms with van der Waals surface area (Å²) in [5, 5.41) is 3.14. The van der Waals surface area contributed by atoms with Crippen LogP contribution in [0.15, 0.2) is 24.3 Å². The lowest BCUT2D eigenvalue weighted by atomic mass is 10.2. The SMILES string of the molecule is COc1ccccc1N1CCNC(C)C1=O.[Cl-]. The molecule has 0 aliphatic carbocycles. The van der Waals surface area contributed by atoms with E-state index in [2.05, 4.69) is 5.32 Å². The summed E-state index contributed by atoms with van der Waals surface area (Å²) in [7, 11) is 1.62. The zero-order chi connectivity index (χ0) is 11.5. The second-order valence-corrected chi connectivity index (χ2v) is 3.84. The number of hydrogen-bond donors (Lipinski definition) is 1. The molecule has 1 atom stereocenters. The topological polar surface area (TPSA) is 41.6 Å². The average molecular weight is 256 g/mol. The quantitative estimate of drug-likeness (QED) is 0.666. The maximum Gasteiger partial charge on any atom is 0.243 e. The molecular formula is C12H16ClN2O2-. The number of piperazine rings is 1. The third-order valence-corrected chi connectivity index (χ3v) is 2.80. The van der Waals surface area contributed by atoms with E-state index in [9.17, 15) is 4.79 Å². The first-order chi connectivity index (χ1) is 7.74. The highest BCUT2D eigenvalue weighted by atomic mass is 35.5. The van der Waals surface area contributed by atoms with E-state index >= 15 is 0 Å². The van der Waals surface area contributed by atoms with Crippen molar-refractivity contribution in [2.24, 2.45) is 0 Å². The van der Waals surface area contributed by atoms with E-state index in [-0.39, 0.29) is 24.4 Å². The van der Waals surface area contributed by atoms with Crippen LogP contribution >= 0.6 is 0 Å². The minimum Gasteiger partial charge on any atom is -1.00 e. The molecule has 17 heavy (non-hydrogen) atoms. The van der Waals surface area contributed by atoms with Crippen LogP contribution in [0, 0.1) is 0 Å². The van der Waals surface area contributed by atoms with Crippen LogP contribution in [0.25, 0.3) is 0 Å². The van der Waals surface area contributed by atoms with Crippen molar-refractivity contribution in [3.05, 3.63) is 24.3 Å². The maximum atomic E-state index is 12.0.